The Morgan fingerprint density at radius 1 is 1.12 bits per heavy atom. The Labute approximate surface area is 142 Å². The number of carbonyl (C=O) groups excluding carboxylic acids is 2. The molecule has 0 aromatic heterocycles. The van der Waals surface area contributed by atoms with E-state index in [0.717, 1.165) is 50.1 Å². The van der Waals surface area contributed by atoms with Gasteiger partial charge in [0.2, 0.25) is 11.8 Å². The Morgan fingerprint density at radius 2 is 1.71 bits per heavy atom. The van der Waals surface area contributed by atoms with Crippen LogP contribution in [-0.2, 0) is 14.3 Å². The Balaban J connectivity index is 1.61. The summed E-state index contributed by atoms with van der Waals surface area (Å²) >= 11 is 0. The standard InChI is InChI=1S/C18H25N3O3/c1-24-12-18(8-10-19-11-9-18)17(23)21-15-6-4-14(5-7-15)20-16(22)13-2-3-13/h4-7,13,19H,2-3,8-12H2,1H3,(H,20,22)(H,21,23). The number of benzene rings is 1. The second-order valence-corrected chi connectivity index (χ2v) is 6.76. The molecule has 1 aromatic rings. The van der Waals surface area contributed by atoms with Crippen molar-refractivity contribution in [3.8, 4) is 0 Å². The van der Waals surface area contributed by atoms with Gasteiger partial charge in [0.15, 0.2) is 0 Å². The Morgan fingerprint density at radius 3 is 2.25 bits per heavy atom. The molecule has 1 heterocycles. The first-order valence-electron chi connectivity index (χ1n) is 8.55. The zero-order valence-corrected chi connectivity index (χ0v) is 14.1. The van der Waals surface area contributed by atoms with Crippen LogP contribution in [0.25, 0.3) is 0 Å². The van der Waals surface area contributed by atoms with E-state index in [4.69, 9.17) is 4.74 Å². The second-order valence-electron chi connectivity index (χ2n) is 6.76. The highest BCUT2D eigenvalue weighted by atomic mass is 16.5. The second kappa shape index (κ2) is 7.32. The average Bonchev–Trinajstić information content (AvgIpc) is 3.43. The van der Waals surface area contributed by atoms with Crippen LogP contribution in [0.4, 0.5) is 11.4 Å². The third-order valence-corrected chi connectivity index (χ3v) is 4.82. The number of ether oxygens (including phenoxy) is 1. The number of nitrogens with one attached hydrogen (secondary N) is 3. The molecule has 1 aromatic carbocycles. The van der Waals surface area contributed by atoms with E-state index in [1.165, 1.54) is 0 Å². The highest BCUT2D eigenvalue weighted by molar-refractivity contribution is 5.97. The van der Waals surface area contributed by atoms with Gasteiger partial charge in [-0.05, 0) is 63.0 Å². The lowest BCUT2D eigenvalue weighted by Crippen LogP contribution is -2.47. The van der Waals surface area contributed by atoms with Crippen LogP contribution in [-0.4, -0.2) is 38.6 Å². The fraction of sp³-hybridized carbons (Fsp3) is 0.556. The van der Waals surface area contributed by atoms with Gasteiger partial charge in [0.1, 0.15) is 0 Å². The van der Waals surface area contributed by atoms with Crippen LogP contribution in [0.5, 0.6) is 0 Å². The van der Waals surface area contributed by atoms with Crippen LogP contribution in [0, 0.1) is 11.3 Å². The van der Waals surface area contributed by atoms with Crippen molar-refractivity contribution < 1.29 is 14.3 Å². The molecule has 3 N–H and O–H groups in total. The molecule has 130 valence electrons. The maximum atomic E-state index is 12.8. The van der Waals surface area contributed by atoms with Gasteiger partial charge in [-0.15, -0.1) is 0 Å². The molecule has 1 aliphatic heterocycles. The van der Waals surface area contributed by atoms with Crippen molar-refractivity contribution in [1.29, 1.82) is 0 Å². The van der Waals surface area contributed by atoms with E-state index < -0.39 is 5.41 Å². The van der Waals surface area contributed by atoms with E-state index in [2.05, 4.69) is 16.0 Å². The number of rotatable bonds is 6. The zero-order chi connectivity index (χ0) is 17.0. The van der Waals surface area contributed by atoms with Crippen molar-refractivity contribution >= 4 is 23.2 Å². The summed E-state index contributed by atoms with van der Waals surface area (Å²) in [6, 6.07) is 7.28. The van der Waals surface area contributed by atoms with Crippen molar-refractivity contribution in [2.75, 3.05) is 37.4 Å². The lowest BCUT2D eigenvalue weighted by atomic mass is 9.78. The Bertz CT molecular complexity index is 585. The predicted molar refractivity (Wildman–Crippen MR) is 92.8 cm³/mol. The minimum atomic E-state index is -0.473. The van der Waals surface area contributed by atoms with Crippen molar-refractivity contribution in [1.82, 2.24) is 5.32 Å². The van der Waals surface area contributed by atoms with Gasteiger partial charge in [-0.3, -0.25) is 9.59 Å². The van der Waals surface area contributed by atoms with Crippen LogP contribution in [0.15, 0.2) is 24.3 Å². The van der Waals surface area contributed by atoms with Crippen molar-refractivity contribution in [3.63, 3.8) is 0 Å². The van der Waals surface area contributed by atoms with Gasteiger partial charge < -0.3 is 20.7 Å². The maximum Gasteiger partial charge on any atom is 0.233 e. The number of methoxy groups -OCH3 is 1. The molecule has 0 atom stereocenters. The molecule has 3 rings (SSSR count). The molecule has 24 heavy (non-hydrogen) atoms. The van der Waals surface area contributed by atoms with E-state index in [9.17, 15) is 9.59 Å². The van der Waals surface area contributed by atoms with Gasteiger partial charge in [0.25, 0.3) is 0 Å². The number of hydrogen-bond acceptors (Lipinski definition) is 4. The number of anilines is 2. The van der Waals surface area contributed by atoms with Gasteiger partial charge in [-0.2, -0.15) is 0 Å². The molecule has 1 saturated heterocycles. The van der Waals surface area contributed by atoms with Crippen molar-refractivity contribution in [2.24, 2.45) is 11.3 Å². The molecular formula is C18H25N3O3. The smallest absolute Gasteiger partial charge is 0.233 e. The molecule has 1 saturated carbocycles. The number of carbonyl (C=O) groups is 2. The highest BCUT2D eigenvalue weighted by Gasteiger charge is 2.39. The summed E-state index contributed by atoms with van der Waals surface area (Å²) in [6.45, 7) is 2.07. The van der Waals surface area contributed by atoms with Crippen LogP contribution in [0.3, 0.4) is 0 Å². The first-order valence-corrected chi connectivity index (χ1v) is 8.55. The fourth-order valence-electron chi connectivity index (χ4n) is 3.11. The zero-order valence-electron chi connectivity index (χ0n) is 14.1. The van der Waals surface area contributed by atoms with Gasteiger partial charge in [0, 0.05) is 24.4 Å². The van der Waals surface area contributed by atoms with Gasteiger partial charge >= 0.3 is 0 Å². The molecule has 2 fully saturated rings. The summed E-state index contributed by atoms with van der Waals surface area (Å²) in [5.74, 6) is 0.263. The lowest BCUT2D eigenvalue weighted by molar-refractivity contribution is -0.130. The first kappa shape index (κ1) is 16.9. The Kier molecular flexibility index (Phi) is 5.16. The summed E-state index contributed by atoms with van der Waals surface area (Å²) in [5, 5.41) is 9.17. The topological polar surface area (TPSA) is 79.5 Å². The van der Waals surface area contributed by atoms with E-state index in [0.29, 0.717) is 6.61 Å². The number of piperidine rings is 1. The maximum absolute atomic E-state index is 12.8. The number of amides is 2. The average molecular weight is 331 g/mol. The Hall–Kier alpha value is -1.92. The summed E-state index contributed by atoms with van der Waals surface area (Å²) in [7, 11) is 1.63. The van der Waals surface area contributed by atoms with Crippen LogP contribution in [0.2, 0.25) is 0 Å². The largest absolute Gasteiger partial charge is 0.384 e. The van der Waals surface area contributed by atoms with Gasteiger partial charge in [0.05, 0.1) is 12.0 Å². The molecule has 0 radical (unpaired) electrons. The summed E-state index contributed by atoms with van der Waals surface area (Å²) in [5.41, 5.74) is 1.02. The summed E-state index contributed by atoms with van der Waals surface area (Å²) < 4.78 is 5.30. The molecule has 0 spiro atoms. The predicted octanol–water partition coefficient (Wildman–Crippen LogP) is 1.99. The lowest BCUT2D eigenvalue weighted by Gasteiger charge is -2.35. The SMILES string of the molecule is COCC1(C(=O)Nc2ccc(NC(=O)C3CC3)cc2)CCNCC1. The molecule has 2 aliphatic rings. The van der Waals surface area contributed by atoms with E-state index >= 15 is 0 Å². The highest BCUT2D eigenvalue weighted by Crippen LogP contribution is 2.32. The summed E-state index contributed by atoms with van der Waals surface area (Å²) in [4.78, 5) is 24.5. The van der Waals surface area contributed by atoms with Crippen LogP contribution < -0.4 is 16.0 Å². The molecular weight excluding hydrogens is 306 g/mol. The molecule has 0 bridgehead atoms. The minimum Gasteiger partial charge on any atom is -0.384 e. The molecule has 6 nitrogen and oxygen atoms in total. The normalized spacial score (nSPS) is 19.5. The van der Waals surface area contributed by atoms with E-state index in [-0.39, 0.29) is 17.7 Å². The van der Waals surface area contributed by atoms with Gasteiger partial charge in [-0.1, -0.05) is 0 Å². The van der Waals surface area contributed by atoms with Crippen molar-refractivity contribution in [3.05, 3.63) is 24.3 Å². The quantitative estimate of drug-likeness (QED) is 0.745. The third-order valence-electron chi connectivity index (χ3n) is 4.82. The van der Waals surface area contributed by atoms with Gasteiger partial charge in [-0.25, -0.2) is 0 Å². The van der Waals surface area contributed by atoms with E-state index in [1.807, 2.05) is 24.3 Å². The fourth-order valence-corrected chi connectivity index (χ4v) is 3.11. The first-order chi connectivity index (χ1) is 11.6. The van der Waals surface area contributed by atoms with E-state index in [1.54, 1.807) is 7.11 Å². The molecule has 2 amide bonds. The van der Waals surface area contributed by atoms with Crippen molar-refractivity contribution in [2.45, 2.75) is 25.7 Å². The monoisotopic (exact) mass is 331 g/mol. The number of hydrogen-bond donors (Lipinski definition) is 3. The third kappa shape index (κ3) is 3.94. The molecule has 0 unspecified atom stereocenters. The summed E-state index contributed by atoms with van der Waals surface area (Å²) in [6.07, 6.45) is 3.50. The van der Waals surface area contributed by atoms with Crippen LogP contribution >= 0.6 is 0 Å². The minimum absolute atomic E-state index is 0.000570. The molecule has 6 heteroatoms. The molecule has 1 aliphatic carbocycles. The van der Waals surface area contributed by atoms with Crippen LogP contribution in [0.1, 0.15) is 25.7 Å².